The maximum atomic E-state index is 12.1. The summed E-state index contributed by atoms with van der Waals surface area (Å²) >= 11 is 0. The number of benzene rings is 1. The summed E-state index contributed by atoms with van der Waals surface area (Å²) < 4.78 is 32.1. The van der Waals surface area contributed by atoms with Crippen molar-refractivity contribution < 1.29 is 13.2 Å². The molecule has 0 aromatic heterocycles. The maximum absolute atomic E-state index is 12.1. The summed E-state index contributed by atoms with van der Waals surface area (Å²) in [6.45, 7) is 2.46. The van der Waals surface area contributed by atoms with Gasteiger partial charge in [0.15, 0.2) is 0 Å². The van der Waals surface area contributed by atoms with Gasteiger partial charge in [-0.25, -0.2) is 13.1 Å². The normalized spacial score (nSPS) is 16.9. The molecule has 1 saturated carbocycles. The molecule has 5 nitrogen and oxygen atoms in total. The fourth-order valence-electron chi connectivity index (χ4n) is 1.90. The van der Waals surface area contributed by atoms with Crippen molar-refractivity contribution in [3.05, 3.63) is 29.8 Å². The van der Waals surface area contributed by atoms with Crippen molar-refractivity contribution in [2.75, 3.05) is 13.7 Å². The Kier molecular flexibility index (Phi) is 5.01. The van der Waals surface area contributed by atoms with E-state index >= 15 is 0 Å². The summed E-state index contributed by atoms with van der Waals surface area (Å²) in [5, 5.41) is 2.79. The van der Waals surface area contributed by atoms with Crippen molar-refractivity contribution in [1.29, 1.82) is 0 Å². The van der Waals surface area contributed by atoms with Gasteiger partial charge in [-0.3, -0.25) is 0 Å². The van der Waals surface area contributed by atoms with Crippen LogP contribution in [-0.4, -0.2) is 33.4 Å². The molecular formula is C14H22N2O3S. The van der Waals surface area contributed by atoms with Gasteiger partial charge in [0.25, 0.3) is 0 Å². The Balaban J connectivity index is 1.90. The van der Waals surface area contributed by atoms with Crippen molar-refractivity contribution in [2.24, 2.45) is 0 Å². The third-order valence-electron chi connectivity index (χ3n) is 3.46. The number of para-hydroxylation sites is 1. The lowest BCUT2D eigenvalue weighted by molar-refractivity contribution is 0.409. The molecule has 0 heterocycles. The summed E-state index contributed by atoms with van der Waals surface area (Å²) in [6, 6.07) is 7.92. The van der Waals surface area contributed by atoms with Crippen LogP contribution in [0.3, 0.4) is 0 Å². The van der Waals surface area contributed by atoms with Gasteiger partial charge >= 0.3 is 0 Å². The molecule has 112 valence electrons. The van der Waals surface area contributed by atoms with Gasteiger partial charge in [0.1, 0.15) is 5.75 Å². The second kappa shape index (κ2) is 6.56. The van der Waals surface area contributed by atoms with Crippen LogP contribution in [0.15, 0.2) is 24.3 Å². The van der Waals surface area contributed by atoms with Crippen LogP contribution >= 0.6 is 0 Å². The molecule has 0 bridgehead atoms. The molecule has 1 atom stereocenters. The first-order chi connectivity index (χ1) is 9.53. The van der Waals surface area contributed by atoms with E-state index in [0.717, 1.165) is 18.4 Å². The fraction of sp³-hybridized carbons (Fsp3) is 0.571. The van der Waals surface area contributed by atoms with E-state index < -0.39 is 15.3 Å². The average molecular weight is 298 g/mol. The van der Waals surface area contributed by atoms with E-state index in [1.165, 1.54) is 0 Å². The van der Waals surface area contributed by atoms with Crippen LogP contribution < -0.4 is 14.8 Å². The third-order valence-corrected chi connectivity index (χ3v) is 5.23. The molecule has 1 aliphatic rings. The number of methoxy groups -OCH3 is 1. The van der Waals surface area contributed by atoms with E-state index in [-0.39, 0.29) is 6.54 Å². The Bertz CT molecular complexity index is 541. The summed E-state index contributed by atoms with van der Waals surface area (Å²) in [5.41, 5.74) is 0.834. The van der Waals surface area contributed by atoms with Gasteiger partial charge in [-0.15, -0.1) is 0 Å². The first-order valence-corrected chi connectivity index (χ1v) is 8.41. The highest BCUT2D eigenvalue weighted by atomic mass is 32.2. The lowest BCUT2D eigenvalue weighted by atomic mass is 10.2. The Morgan fingerprint density at radius 3 is 2.70 bits per heavy atom. The van der Waals surface area contributed by atoms with Crippen LogP contribution in [0.25, 0.3) is 0 Å². The van der Waals surface area contributed by atoms with Crippen LogP contribution in [-0.2, 0) is 16.6 Å². The summed E-state index contributed by atoms with van der Waals surface area (Å²) in [4.78, 5) is 0. The second-order valence-corrected chi connectivity index (χ2v) is 7.35. The summed E-state index contributed by atoms with van der Waals surface area (Å²) in [5.74, 6) is 0.693. The number of hydrogen-bond acceptors (Lipinski definition) is 4. The molecule has 2 N–H and O–H groups in total. The van der Waals surface area contributed by atoms with Gasteiger partial charge in [0.2, 0.25) is 10.0 Å². The number of sulfonamides is 1. The molecule has 2 rings (SSSR count). The van der Waals surface area contributed by atoms with Gasteiger partial charge in [-0.1, -0.05) is 18.2 Å². The molecule has 20 heavy (non-hydrogen) atoms. The van der Waals surface area contributed by atoms with Gasteiger partial charge < -0.3 is 10.1 Å². The maximum Gasteiger partial charge on any atom is 0.215 e. The van der Waals surface area contributed by atoms with E-state index in [9.17, 15) is 8.42 Å². The Morgan fingerprint density at radius 1 is 1.35 bits per heavy atom. The van der Waals surface area contributed by atoms with Crippen LogP contribution in [0.2, 0.25) is 0 Å². The quantitative estimate of drug-likeness (QED) is 0.758. The van der Waals surface area contributed by atoms with Crippen molar-refractivity contribution in [3.63, 3.8) is 0 Å². The first-order valence-electron chi connectivity index (χ1n) is 6.86. The second-order valence-electron chi connectivity index (χ2n) is 5.17. The Labute approximate surface area is 120 Å². The Morgan fingerprint density at radius 2 is 2.05 bits per heavy atom. The molecule has 0 amide bonds. The predicted octanol–water partition coefficient (Wildman–Crippen LogP) is 1.26. The van der Waals surface area contributed by atoms with Crippen LogP contribution in [0.4, 0.5) is 0 Å². The smallest absolute Gasteiger partial charge is 0.215 e. The standard InChI is InChI=1S/C14H22N2O3S/c1-11(9-15-13-7-8-13)20(17,18)16-10-12-5-3-4-6-14(12)19-2/h3-6,11,13,15-16H,7-10H2,1-2H3. The molecule has 0 saturated heterocycles. The number of rotatable bonds is 8. The van der Waals surface area contributed by atoms with Crippen LogP contribution in [0, 0.1) is 0 Å². The minimum Gasteiger partial charge on any atom is -0.496 e. The number of hydrogen-bond donors (Lipinski definition) is 2. The topological polar surface area (TPSA) is 67.4 Å². The van der Waals surface area contributed by atoms with E-state index in [1.54, 1.807) is 14.0 Å². The number of ether oxygens (including phenoxy) is 1. The molecular weight excluding hydrogens is 276 g/mol. The highest BCUT2D eigenvalue weighted by Crippen LogP contribution is 2.19. The lowest BCUT2D eigenvalue weighted by Gasteiger charge is -2.15. The van der Waals surface area contributed by atoms with E-state index in [1.807, 2.05) is 24.3 Å². The molecule has 1 aliphatic carbocycles. The van der Waals surface area contributed by atoms with Gasteiger partial charge in [0, 0.05) is 24.7 Å². The minimum absolute atomic E-state index is 0.250. The van der Waals surface area contributed by atoms with E-state index in [2.05, 4.69) is 10.0 Å². The third kappa shape index (κ3) is 4.19. The largest absolute Gasteiger partial charge is 0.496 e. The zero-order chi connectivity index (χ0) is 14.6. The highest BCUT2D eigenvalue weighted by Gasteiger charge is 2.25. The van der Waals surface area contributed by atoms with E-state index in [0.29, 0.717) is 18.3 Å². The van der Waals surface area contributed by atoms with Gasteiger partial charge in [-0.05, 0) is 25.8 Å². The molecule has 0 radical (unpaired) electrons. The highest BCUT2D eigenvalue weighted by molar-refractivity contribution is 7.90. The lowest BCUT2D eigenvalue weighted by Crippen LogP contribution is -2.39. The first kappa shape index (κ1) is 15.3. The average Bonchev–Trinajstić information content (AvgIpc) is 3.27. The van der Waals surface area contributed by atoms with Gasteiger partial charge in [0.05, 0.1) is 12.4 Å². The zero-order valence-corrected chi connectivity index (χ0v) is 12.7. The Hall–Kier alpha value is -1.11. The van der Waals surface area contributed by atoms with Gasteiger partial charge in [-0.2, -0.15) is 0 Å². The van der Waals surface area contributed by atoms with Crippen molar-refractivity contribution in [1.82, 2.24) is 10.0 Å². The van der Waals surface area contributed by atoms with E-state index in [4.69, 9.17) is 4.74 Å². The zero-order valence-electron chi connectivity index (χ0n) is 11.9. The van der Waals surface area contributed by atoms with Crippen LogP contribution in [0.5, 0.6) is 5.75 Å². The molecule has 6 heteroatoms. The van der Waals surface area contributed by atoms with Crippen molar-refractivity contribution >= 4 is 10.0 Å². The monoisotopic (exact) mass is 298 g/mol. The van der Waals surface area contributed by atoms with Crippen molar-refractivity contribution in [3.8, 4) is 5.75 Å². The van der Waals surface area contributed by atoms with Crippen molar-refractivity contribution in [2.45, 2.75) is 37.6 Å². The molecule has 1 aromatic carbocycles. The fourth-order valence-corrected chi connectivity index (χ4v) is 2.86. The molecule has 1 fully saturated rings. The SMILES string of the molecule is COc1ccccc1CNS(=O)(=O)C(C)CNC1CC1. The van der Waals surface area contributed by atoms with Crippen LogP contribution in [0.1, 0.15) is 25.3 Å². The molecule has 0 aliphatic heterocycles. The number of nitrogens with one attached hydrogen (secondary N) is 2. The minimum atomic E-state index is -3.32. The molecule has 1 aromatic rings. The molecule has 1 unspecified atom stereocenters. The molecule has 0 spiro atoms. The predicted molar refractivity (Wildman–Crippen MR) is 79.2 cm³/mol. The summed E-state index contributed by atoms with van der Waals surface area (Å²) in [7, 11) is -1.74. The summed E-state index contributed by atoms with van der Waals surface area (Å²) in [6.07, 6.45) is 2.31.